The number of morpholine rings is 1. The summed E-state index contributed by atoms with van der Waals surface area (Å²) < 4.78 is 18.3. The quantitative estimate of drug-likeness (QED) is 0.891. The third-order valence-corrected chi connectivity index (χ3v) is 3.62. The SMILES string of the molecule is CC(CNC(=O)[C@H]1NCCO[C@@H]1C)c1ccc(F)cc1.Cl. The van der Waals surface area contributed by atoms with Gasteiger partial charge in [0.05, 0.1) is 12.7 Å². The van der Waals surface area contributed by atoms with E-state index in [1.807, 2.05) is 13.8 Å². The van der Waals surface area contributed by atoms with Crippen molar-refractivity contribution in [2.24, 2.45) is 0 Å². The Hall–Kier alpha value is -1.17. The summed E-state index contributed by atoms with van der Waals surface area (Å²) >= 11 is 0. The Morgan fingerprint density at radius 2 is 2.14 bits per heavy atom. The van der Waals surface area contributed by atoms with Crippen LogP contribution in [-0.4, -0.2) is 37.7 Å². The predicted molar refractivity (Wildman–Crippen MR) is 82.3 cm³/mol. The van der Waals surface area contributed by atoms with Crippen LogP contribution < -0.4 is 10.6 Å². The molecule has 0 aromatic heterocycles. The Bertz CT molecular complexity index is 455. The maximum Gasteiger partial charge on any atom is 0.239 e. The summed E-state index contributed by atoms with van der Waals surface area (Å²) in [4.78, 5) is 12.1. The second kappa shape index (κ2) is 8.32. The zero-order chi connectivity index (χ0) is 14.5. The largest absolute Gasteiger partial charge is 0.375 e. The number of halogens is 2. The lowest BCUT2D eigenvalue weighted by molar-refractivity contribution is -0.128. The smallest absolute Gasteiger partial charge is 0.239 e. The van der Waals surface area contributed by atoms with E-state index in [-0.39, 0.29) is 42.2 Å². The molecule has 1 aromatic rings. The molecule has 1 aliphatic heterocycles. The number of nitrogens with one attached hydrogen (secondary N) is 2. The number of carbonyl (C=O) groups is 1. The van der Waals surface area contributed by atoms with Crippen LogP contribution in [0.1, 0.15) is 25.3 Å². The van der Waals surface area contributed by atoms with Crippen molar-refractivity contribution in [2.45, 2.75) is 31.9 Å². The molecule has 118 valence electrons. The van der Waals surface area contributed by atoms with Crippen molar-refractivity contribution in [3.63, 3.8) is 0 Å². The van der Waals surface area contributed by atoms with Gasteiger partial charge in [0, 0.05) is 13.1 Å². The molecule has 0 saturated carbocycles. The van der Waals surface area contributed by atoms with E-state index >= 15 is 0 Å². The molecular formula is C15H22ClFN2O2. The minimum absolute atomic E-state index is 0. The third-order valence-electron chi connectivity index (χ3n) is 3.62. The molecule has 0 aliphatic carbocycles. The number of rotatable bonds is 4. The van der Waals surface area contributed by atoms with Crippen LogP contribution in [-0.2, 0) is 9.53 Å². The van der Waals surface area contributed by atoms with Gasteiger partial charge in [0.1, 0.15) is 11.9 Å². The average molecular weight is 317 g/mol. The Morgan fingerprint density at radius 1 is 1.48 bits per heavy atom. The van der Waals surface area contributed by atoms with E-state index in [4.69, 9.17) is 4.74 Å². The van der Waals surface area contributed by atoms with E-state index < -0.39 is 0 Å². The van der Waals surface area contributed by atoms with Crippen LogP contribution in [0.15, 0.2) is 24.3 Å². The molecule has 1 saturated heterocycles. The van der Waals surface area contributed by atoms with Crippen LogP contribution in [0.3, 0.4) is 0 Å². The Morgan fingerprint density at radius 3 is 2.76 bits per heavy atom. The lowest BCUT2D eigenvalue weighted by atomic mass is 10.0. The fourth-order valence-corrected chi connectivity index (χ4v) is 2.30. The molecule has 0 radical (unpaired) electrons. The van der Waals surface area contributed by atoms with Crippen LogP contribution in [0.2, 0.25) is 0 Å². The molecule has 2 rings (SSSR count). The van der Waals surface area contributed by atoms with Gasteiger partial charge in [0.15, 0.2) is 0 Å². The lowest BCUT2D eigenvalue weighted by Gasteiger charge is -2.29. The summed E-state index contributed by atoms with van der Waals surface area (Å²) in [5, 5.41) is 6.07. The van der Waals surface area contributed by atoms with Crippen LogP contribution in [0, 0.1) is 5.82 Å². The van der Waals surface area contributed by atoms with Crippen LogP contribution in [0.25, 0.3) is 0 Å². The maximum atomic E-state index is 12.9. The standard InChI is InChI=1S/C15H21FN2O2.ClH/c1-10(12-3-5-13(16)6-4-12)9-18-15(19)14-11(2)20-8-7-17-14;/h3-6,10-11,14,17H,7-9H2,1-2H3,(H,18,19);1H/t10?,11-,14+;/m1./s1. The van der Waals surface area contributed by atoms with Gasteiger partial charge in [-0.25, -0.2) is 4.39 Å². The van der Waals surface area contributed by atoms with Crippen molar-refractivity contribution < 1.29 is 13.9 Å². The fourth-order valence-electron chi connectivity index (χ4n) is 2.30. The Balaban J connectivity index is 0.00000220. The summed E-state index contributed by atoms with van der Waals surface area (Å²) in [6, 6.07) is 6.07. The van der Waals surface area contributed by atoms with Gasteiger partial charge in [-0.15, -0.1) is 12.4 Å². The number of benzene rings is 1. The molecule has 0 bridgehead atoms. The third kappa shape index (κ3) is 4.95. The second-order valence-corrected chi connectivity index (χ2v) is 5.21. The second-order valence-electron chi connectivity index (χ2n) is 5.21. The fraction of sp³-hybridized carbons (Fsp3) is 0.533. The molecule has 1 heterocycles. The normalized spacial score (nSPS) is 23.0. The van der Waals surface area contributed by atoms with Crippen molar-refractivity contribution in [1.29, 1.82) is 0 Å². The summed E-state index contributed by atoms with van der Waals surface area (Å²) in [6.07, 6.45) is -0.120. The predicted octanol–water partition coefficient (Wildman–Crippen LogP) is 1.84. The first-order valence-electron chi connectivity index (χ1n) is 6.96. The number of hydrogen-bond acceptors (Lipinski definition) is 3. The van der Waals surface area contributed by atoms with Gasteiger partial charge in [-0.3, -0.25) is 4.79 Å². The molecule has 1 amide bonds. The molecule has 6 heteroatoms. The molecule has 2 N–H and O–H groups in total. The van der Waals surface area contributed by atoms with Crippen LogP contribution >= 0.6 is 12.4 Å². The minimum atomic E-state index is -0.302. The monoisotopic (exact) mass is 316 g/mol. The number of amides is 1. The molecule has 4 nitrogen and oxygen atoms in total. The van der Waals surface area contributed by atoms with Crippen molar-refractivity contribution in [1.82, 2.24) is 10.6 Å². The first-order chi connectivity index (χ1) is 9.58. The molecular weight excluding hydrogens is 295 g/mol. The molecule has 3 atom stereocenters. The van der Waals surface area contributed by atoms with Gasteiger partial charge in [0.25, 0.3) is 0 Å². The molecule has 1 aliphatic rings. The highest BCUT2D eigenvalue weighted by molar-refractivity contribution is 5.85. The first-order valence-corrected chi connectivity index (χ1v) is 6.96. The summed E-state index contributed by atoms with van der Waals surface area (Å²) in [5.41, 5.74) is 1.01. The van der Waals surface area contributed by atoms with E-state index in [2.05, 4.69) is 10.6 Å². The van der Waals surface area contributed by atoms with Gasteiger partial charge in [-0.05, 0) is 30.5 Å². The van der Waals surface area contributed by atoms with Crippen molar-refractivity contribution in [2.75, 3.05) is 19.7 Å². The molecule has 21 heavy (non-hydrogen) atoms. The van der Waals surface area contributed by atoms with Gasteiger partial charge in [-0.2, -0.15) is 0 Å². The molecule has 0 spiro atoms. The van der Waals surface area contributed by atoms with Crippen molar-refractivity contribution in [3.8, 4) is 0 Å². The highest BCUT2D eigenvalue weighted by Gasteiger charge is 2.28. The number of carbonyl (C=O) groups excluding carboxylic acids is 1. The van der Waals surface area contributed by atoms with Gasteiger partial charge in [-0.1, -0.05) is 19.1 Å². The van der Waals surface area contributed by atoms with Gasteiger partial charge < -0.3 is 15.4 Å². The Labute approximate surface area is 130 Å². The maximum absolute atomic E-state index is 12.9. The zero-order valence-electron chi connectivity index (χ0n) is 12.3. The highest BCUT2D eigenvalue weighted by atomic mass is 35.5. The first kappa shape index (κ1) is 17.9. The van der Waals surface area contributed by atoms with E-state index in [0.29, 0.717) is 19.7 Å². The topological polar surface area (TPSA) is 50.4 Å². The number of ether oxygens (including phenoxy) is 1. The molecule has 1 aromatic carbocycles. The summed E-state index contributed by atoms with van der Waals surface area (Å²) in [7, 11) is 0. The Kier molecular flexibility index (Phi) is 7.08. The minimum Gasteiger partial charge on any atom is -0.375 e. The van der Waals surface area contributed by atoms with E-state index in [9.17, 15) is 9.18 Å². The van der Waals surface area contributed by atoms with Crippen LogP contribution in [0.4, 0.5) is 4.39 Å². The summed E-state index contributed by atoms with van der Waals surface area (Å²) in [5.74, 6) is -0.159. The van der Waals surface area contributed by atoms with E-state index in [1.165, 1.54) is 12.1 Å². The lowest BCUT2D eigenvalue weighted by Crippen LogP contribution is -2.55. The average Bonchev–Trinajstić information content (AvgIpc) is 2.45. The van der Waals surface area contributed by atoms with Gasteiger partial charge >= 0.3 is 0 Å². The molecule has 1 fully saturated rings. The van der Waals surface area contributed by atoms with Gasteiger partial charge in [0.2, 0.25) is 5.91 Å². The van der Waals surface area contributed by atoms with Crippen molar-refractivity contribution in [3.05, 3.63) is 35.6 Å². The van der Waals surface area contributed by atoms with Crippen LogP contribution in [0.5, 0.6) is 0 Å². The molecule has 1 unspecified atom stereocenters. The highest BCUT2D eigenvalue weighted by Crippen LogP contribution is 2.14. The zero-order valence-corrected chi connectivity index (χ0v) is 13.1. The van der Waals surface area contributed by atoms with E-state index in [1.54, 1.807) is 12.1 Å². The van der Waals surface area contributed by atoms with E-state index in [0.717, 1.165) is 5.56 Å². The number of hydrogen-bond donors (Lipinski definition) is 2. The summed E-state index contributed by atoms with van der Waals surface area (Å²) in [6.45, 7) is 5.74. The van der Waals surface area contributed by atoms with Crippen molar-refractivity contribution >= 4 is 18.3 Å².